The van der Waals surface area contributed by atoms with Crippen LogP contribution in [-0.2, 0) is 22.6 Å². The van der Waals surface area contributed by atoms with E-state index < -0.39 is 12.1 Å². The number of nitrogens with one attached hydrogen (secondary N) is 2. The zero-order valence-corrected chi connectivity index (χ0v) is 13.7. The van der Waals surface area contributed by atoms with E-state index in [2.05, 4.69) is 20.6 Å². The predicted molar refractivity (Wildman–Crippen MR) is 85.2 cm³/mol. The molecule has 0 bridgehead atoms. The Morgan fingerprint density at radius 3 is 2.83 bits per heavy atom. The summed E-state index contributed by atoms with van der Waals surface area (Å²) in [6.45, 7) is 0.916. The minimum atomic E-state index is -0.687. The molecule has 128 valence electrons. The maximum absolute atomic E-state index is 12.7. The molecule has 9 nitrogen and oxygen atoms in total. The van der Waals surface area contributed by atoms with Crippen molar-refractivity contribution in [3.05, 3.63) is 17.6 Å². The van der Waals surface area contributed by atoms with E-state index in [-0.39, 0.29) is 18.2 Å². The van der Waals surface area contributed by atoms with Crippen LogP contribution in [0.4, 0.5) is 10.6 Å². The van der Waals surface area contributed by atoms with Gasteiger partial charge in [-0.1, -0.05) is 0 Å². The topological polar surface area (TPSA) is 108 Å². The normalized spacial score (nSPS) is 20.6. The number of fused-ring (bicyclic) bond motifs is 1. The lowest BCUT2D eigenvalue weighted by Crippen LogP contribution is -2.50. The molecule has 0 unspecified atom stereocenters. The Balaban J connectivity index is 1.75. The Kier molecular flexibility index (Phi) is 4.32. The minimum Gasteiger partial charge on any atom is -0.362 e. The Morgan fingerprint density at radius 2 is 2.08 bits per heavy atom. The van der Waals surface area contributed by atoms with E-state index in [4.69, 9.17) is 0 Å². The summed E-state index contributed by atoms with van der Waals surface area (Å²) < 4.78 is 0. The minimum absolute atomic E-state index is 0.145. The Bertz CT molecular complexity index is 690. The molecule has 4 amide bonds. The first kappa shape index (κ1) is 16.2. The lowest BCUT2D eigenvalue weighted by atomic mass is 10.0. The van der Waals surface area contributed by atoms with Crippen molar-refractivity contribution in [1.29, 1.82) is 0 Å². The van der Waals surface area contributed by atoms with E-state index in [1.54, 1.807) is 4.90 Å². The molecule has 1 saturated heterocycles. The van der Waals surface area contributed by atoms with Crippen LogP contribution in [0.25, 0.3) is 0 Å². The smallest absolute Gasteiger partial charge is 0.322 e. The van der Waals surface area contributed by atoms with Crippen LogP contribution < -0.4 is 15.5 Å². The van der Waals surface area contributed by atoms with Gasteiger partial charge in [-0.15, -0.1) is 0 Å². The van der Waals surface area contributed by atoms with Gasteiger partial charge >= 0.3 is 6.03 Å². The quantitative estimate of drug-likeness (QED) is 0.750. The molecule has 0 saturated carbocycles. The number of imide groups is 1. The van der Waals surface area contributed by atoms with Crippen LogP contribution in [0, 0.1) is 0 Å². The fourth-order valence-corrected chi connectivity index (χ4v) is 3.05. The maximum atomic E-state index is 12.7. The summed E-state index contributed by atoms with van der Waals surface area (Å²) in [7, 11) is 3.84. The molecule has 0 aromatic carbocycles. The van der Waals surface area contributed by atoms with Crippen molar-refractivity contribution in [3.8, 4) is 0 Å². The monoisotopic (exact) mass is 332 g/mol. The number of urea groups is 1. The molecule has 2 aliphatic rings. The molecule has 1 atom stereocenters. The number of anilines is 1. The molecule has 0 spiro atoms. The number of aromatic nitrogens is 2. The van der Waals surface area contributed by atoms with Crippen LogP contribution >= 0.6 is 0 Å². The molecule has 3 rings (SSSR count). The average Bonchev–Trinajstić information content (AvgIpc) is 2.73. The van der Waals surface area contributed by atoms with Gasteiger partial charge in [-0.3, -0.25) is 14.9 Å². The third-order valence-electron chi connectivity index (χ3n) is 4.24. The number of hydrogen-bond acceptors (Lipinski definition) is 6. The molecule has 1 fully saturated rings. The van der Waals surface area contributed by atoms with Gasteiger partial charge in [-0.05, 0) is 12.8 Å². The summed E-state index contributed by atoms with van der Waals surface area (Å²) in [6, 6.07) is -1.31. The number of hydrogen-bond donors (Lipinski definition) is 2. The van der Waals surface area contributed by atoms with Gasteiger partial charge in [0.25, 0.3) is 0 Å². The molecule has 2 N–H and O–H groups in total. The van der Waals surface area contributed by atoms with Crippen LogP contribution in [0.2, 0.25) is 0 Å². The summed E-state index contributed by atoms with van der Waals surface area (Å²) in [5, 5.41) is 4.74. The van der Waals surface area contributed by atoms with Crippen LogP contribution in [0.3, 0.4) is 0 Å². The van der Waals surface area contributed by atoms with Gasteiger partial charge < -0.3 is 15.1 Å². The average molecular weight is 332 g/mol. The van der Waals surface area contributed by atoms with Crippen molar-refractivity contribution in [3.63, 3.8) is 0 Å². The lowest BCUT2D eigenvalue weighted by molar-refractivity contribution is -0.134. The molecule has 0 aliphatic carbocycles. The van der Waals surface area contributed by atoms with E-state index in [1.807, 2.05) is 19.0 Å². The summed E-state index contributed by atoms with van der Waals surface area (Å²) in [5.41, 5.74) is 1.87. The van der Waals surface area contributed by atoms with E-state index >= 15 is 0 Å². The fraction of sp³-hybridized carbons (Fsp3) is 0.533. The first-order valence-electron chi connectivity index (χ1n) is 7.85. The summed E-state index contributed by atoms with van der Waals surface area (Å²) in [5.74, 6) is 0.315. The van der Waals surface area contributed by atoms with Gasteiger partial charge in [0.1, 0.15) is 18.2 Å². The number of nitrogens with zero attached hydrogens (tertiary/aromatic N) is 4. The number of rotatable bonds is 2. The molecular formula is C15H20N6O3. The highest BCUT2D eigenvalue weighted by Gasteiger charge is 2.32. The van der Waals surface area contributed by atoms with Gasteiger partial charge in [0.05, 0.1) is 12.2 Å². The van der Waals surface area contributed by atoms with E-state index in [1.165, 1.54) is 6.33 Å². The first-order valence-corrected chi connectivity index (χ1v) is 7.85. The summed E-state index contributed by atoms with van der Waals surface area (Å²) in [4.78, 5) is 47.9. The molecule has 0 radical (unpaired) electrons. The lowest BCUT2D eigenvalue weighted by Gasteiger charge is -2.32. The van der Waals surface area contributed by atoms with E-state index in [9.17, 15) is 14.4 Å². The van der Waals surface area contributed by atoms with Gasteiger partial charge in [0.2, 0.25) is 11.8 Å². The predicted octanol–water partition coefficient (Wildman–Crippen LogP) is -0.584. The third-order valence-corrected chi connectivity index (χ3v) is 4.24. The van der Waals surface area contributed by atoms with E-state index in [0.717, 1.165) is 17.1 Å². The standard InChI is InChI=1S/C15H20N6O3/c1-20(2)13-9-5-6-21(7-11(9)16-8-17-13)14(23)10-3-4-12(22)19-15(24)18-10/h8,10H,3-7H2,1-2H3,(H2,18,19,22,24)/t10-/m1/s1. The zero-order chi connectivity index (χ0) is 17.3. The van der Waals surface area contributed by atoms with Crippen LogP contribution in [0.15, 0.2) is 6.33 Å². The Labute approximate surface area is 139 Å². The molecular weight excluding hydrogens is 312 g/mol. The highest BCUT2D eigenvalue weighted by atomic mass is 16.2. The maximum Gasteiger partial charge on any atom is 0.322 e. The molecule has 2 aliphatic heterocycles. The Morgan fingerprint density at radius 1 is 1.29 bits per heavy atom. The SMILES string of the molecule is CN(C)c1ncnc2c1CCN(C(=O)[C@H]1CCC(=O)NC(=O)N1)C2. The third kappa shape index (κ3) is 3.15. The van der Waals surface area contributed by atoms with Crippen LogP contribution in [0.1, 0.15) is 24.1 Å². The van der Waals surface area contributed by atoms with Crippen molar-refractivity contribution in [2.75, 3.05) is 25.5 Å². The van der Waals surface area contributed by atoms with Gasteiger partial charge in [-0.2, -0.15) is 0 Å². The van der Waals surface area contributed by atoms with Gasteiger partial charge in [0.15, 0.2) is 0 Å². The van der Waals surface area contributed by atoms with Crippen LogP contribution in [-0.4, -0.2) is 59.4 Å². The number of carbonyl (C=O) groups is 3. The van der Waals surface area contributed by atoms with Crippen molar-refractivity contribution < 1.29 is 14.4 Å². The highest BCUT2D eigenvalue weighted by Crippen LogP contribution is 2.24. The molecule has 3 heterocycles. The van der Waals surface area contributed by atoms with Crippen LogP contribution in [0.5, 0.6) is 0 Å². The number of carbonyl (C=O) groups excluding carboxylic acids is 3. The van der Waals surface area contributed by atoms with Crippen molar-refractivity contribution >= 4 is 23.7 Å². The number of amides is 4. The zero-order valence-electron chi connectivity index (χ0n) is 13.7. The molecule has 24 heavy (non-hydrogen) atoms. The largest absolute Gasteiger partial charge is 0.362 e. The summed E-state index contributed by atoms with van der Waals surface area (Å²) >= 11 is 0. The van der Waals surface area contributed by atoms with Crippen molar-refractivity contribution in [1.82, 2.24) is 25.5 Å². The second kappa shape index (κ2) is 6.42. The Hall–Kier alpha value is -2.71. The highest BCUT2D eigenvalue weighted by molar-refractivity contribution is 5.98. The van der Waals surface area contributed by atoms with Gasteiger partial charge in [-0.25, -0.2) is 14.8 Å². The summed E-state index contributed by atoms with van der Waals surface area (Å²) in [6.07, 6.45) is 2.60. The first-order chi connectivity index (χ1) is 11.5. The van der Waals surface area contributed by atoms with Gasteiger partial charge in [0, 0.05) is 32.6 Å². The van der Waals surface area contributed by atoms with Crippen molar-refractivity contribution in [2.45, 2.75) is 31.8 Å². The second-order valence-corrected chi connectivity index (χ2v) is 6.14. The van der Waals surface area contributed by atoms with Crippen molar-refractivity contribution in [2.24, 2.45) is 0 Å². The molecule has 1 aromatic rings. The molecule has 1 aromatic heterocycles. The second-order valence-electron chi connectivity index (χ2n) is 6.14. The fourth-order valence-electron chi connectivity index (χ4n) is 3.05. The molecule has 9 heteroatoms. The van der Waals surface area contributed by atoms with E-state index in [0.29, 0.717) is 25.9 Å².